The lowest BCUT2D eigenvalue weighted by molar-refractivity contribution is -0.206. The van der Waals surface area contributed by atoms with Crippen LogP contribution in [0.4, 0.5) is 33.0 Å². The summed E-state index contributed by atoms with van der Waals surface area (Å²) in [5.74, 6) is -0.257. The third-order valence-corrected chi connectivity index (χ3v) is 6.39. The first-order valence-electron chi connectivity index (χ1n) is 11.6. The molecule has 3 aliphatic rings. The maximum absolute atomic E-state index is 15.2. The average Bonchev–Trinajstić information content (AvgIpc) is 3.46. The molecule has 1 aliphatic carbocycles. The first-order chi connectivity index (χ1) is 16.8. The Balaban J connectivity index is 1.55. The number of likely N-dealkylation sites (tertiary alicyclic amines) is 1. The first kappa shape index (κ1) is 24.3. The molecule has 0 radical (unpaired) electrons. The highest BCUT2D eigenvalue weighted by molar-refractivity contribution is 5.89. The van der Waals surface area contributed by atoms with Crippen LogP contribution in [0.1, 0.15) is 56.2 Å². The SMILES string of the molecule is CC(C)(C)OC(=O)N1C[C@@H](n2nc(-c3ccnc4c3[C@H](C(F)(F)F)OC(=O)N4)c3c2CCC3)[C@@H](F)C1. The van der Waals surface area contributed by atoms with E-state index in [-0.39, 0.29) is 35.7 Å². The Kier molecular flexibility index (Phi) is 5.63. The van der Waals surface area contributed by atoms with Crippen LogP contribution in [0.15, 0.2) is 12.3 Å². The van der Waals surface area contributed by atoms with Gasteiger partial charge in [-0.1, -0.05) is 0 Å². The number of fused-ring (bicyclic) bond motifs is 2. The van der Waals surface area contributed by atoms with Crippen molar-refractivity contribution in [1.29, 1.82) is 0 Å². The van der Waals surface area contributed by atoms with Crippen LogP contribution in [-0.2, 0) is 22.3 Å². The number of halogens is 4. The normalized spacial score (nSPS) is 23.7. The predicted molar refractivity (Wildman–Crippen MR) is 118 cm³/mol. The highest BCUT2D eigenvalue weighted by Gasteiger charge is 2.50. The van der Waals surface area contributed by atoms with Crippen LogP contribution in [0.2, 0.25) is 0 Å². The summed E-state index contributed by atoms with van der Waals surface area (Å²) in [5, 5.41) is 6.80. The summed E-state index contributed by atoms with van der Waals surface area (Å²) in [6.07, 6.45) is -7.60. The van der Waals surface area contributed by atoms with Crippen molar-refractivity contribution in [3.63, 3.8) is 0 Å². The largest absolute Gasteiger partial charge is 0.444 e. The van der Waals surface area contributed by atoms with Crippen LogP contribution in [0, 0.1) is 0 Å². The summed E-state index contributed by atoms with van der Waals surface area (Å²) in [7, 11) is 0. The average molecular weight is 511 g/mol. The number of aromatic nitrogens is 3. The van der Waals surface area contributed by atoms with Gasteiger partial charge in [0.05, 0.1) is 17.8 Å². The summed E-state index contributed by atoms with van der Waals surface area (Å²) in [4.78, 5) is 29.4. The Hall–Kier alpha value is -3.38. The van der Waals surface area contributed by atoms with Crippen molar-refractivity contribution in [3.8, 4) is 11.3 Å². The molecule has 36 heavy (non-hydrogen) atoms. The molecule has 0 spiro atoms. The van der Waals surface area contributed by atoms with E-state index in [0.717, 1.165) is 12.1 Å². The molecule has 2 amide bonds. The zero-order valence-electron chi connectivity index (χ0n) is 19.9. The molecule has 194 valence electrons. The van der Waals surface area contributed by atoms with Gasteiger partial charge in [0.25, 0.3) is 0 Å². The molecule has 2 aliphatic heterocycles. The van der Waals surface area contributed by atoms with E-state index in [9.17, 15) is 22.8 Å². The Morgan fingerprint density at radius 2 is 1.97 bits per heavy atom. The van der Waals surface area contributed by atoms with Crippen LogP contribution < -0.4 is 5.32 Å². The standard InChI is InChI=1S/C23H25F4N5O4/c1-22(2,3)36-21(34)31-9-13(24)15(10-31)32-14-6-4-5-11(14)17(30-32)12-7-8-28-19-16(12)18(23(25,26)27)35-20(33)29-19/h7-8,13,15,18H,4-6,9-10H2,1-3H3,(H,28,29,33)/t13-,15+,18+/m0/s1. The number of ether oxygens (including phenoxy) is 2. The molecule has 0 aromatic carbocycles. The van der Waals surface area contributed by atoms with Gasteiger partial charge >= 0.3 is 18.4 Å². The van der Waals surface area contributed by atoms with Gasteiger partial charge in [-0.3, -0.25) is 10.00 Å². The van der Waals surface area contributed by atoms with Gasteiger partial charge in [-0.2, -0.15) is 18.3 Å². The molecule has 2 aromatic heterocycles. The number of carbonyl (C=O) groups excluding carboxylic acids is 2. The summed E-state index contributed by atoms with van der Waals surface area (Å²) >= 11 is 0. The molecule has 1 fully saturated rings. The number of nitrogens with zero attached hydrogens (tertiary/aromatic N) is 4. The second-order valence-corrected chi connectivity index (χ2v) is 10.1. The fraction of sp³-hybridized carbons (Fsp3) is 0.565. The van der Waals surface area contributed by atoms with Crippen molar-refractivity contribution in [2.24, 2.45) is 0 Å². The number of rotatable bonds is 2. The molecule has 1 N–H and O–H groups in total. The van der Waals surface area contributed by atoms with Crippen LogP contribution in [0.25, 0.3) is 11.3 Å². The second-order valence-electron chi connectivity index (χ2n) is 10.1. The van der Waals surface area contributed by atoms with E-state index in [1.807, 2.05) is 0 Å². The third kappa shape index (κ3) is 4.24. The Bertz CT molecular complexity index is 1220. The predicted octanol–water partition coefficient (Wildman–Crippen LogP) is 4.73. The number of pyridine rings is 1. The Labute approximate surface area is 203 Å². The smallest absolute Gasteiger partial charge is 0.430 e. The van der Waals surface area contributed by atoms with Gasteiger partial charge in [0.15, 0.2) is 0 Å². The van der Waals surface area contributed by atoms with Gasteiger partial charge in [-0.05, 0) is 46.1 Å². The van der Waals surface area contributed by atoms with Crippen molar-refractivity contribution in [3.05, 3.63) is 29.1 Å². The molecule has 9 nitrogen and oxygen atoms in total. The van der Waals surface area contributed by atoms with Gasteiger partial charge < -0.3 is 14.4 Å². The third-order valence-electron chi connectivity index (χ3n) is 6.39. The monoisotopic (exact) mass is 511 g/mol. The van der Waals surface area contributed by atoms with E-state index in [4.69, 9.17) is 4.74 Å². The van der Waals surface area contributed by atoms with Gasteiger partial charge in [-0.15, -0.1) is 0 Å². The number of cyclic esters (lactones) is 1. The maximum Gasteiger partial charge on any atom is 0.430 e. The van der Waals surface area contributed by atoms with Crippen molar-refractivity contribution >= 4 is 18.0 Å². The number of amides is 2. The fourth-order valence-corrected chi connectivity index (χ4v) is 4.98. The van der Waals surface area contributed by atoms with Crippen molar-refractivity contribution < 1.29 is 36.6 Å². The van der Waals surface area contributed by atoms with E-state index in [0.29, 0.717) is 18.4 Å². The molecule has 0 bridgehead atoms. The molecule has 5 rings (SSSR count). The molecule has 2 aromatic rings. The number of carbonyl (C=O) groups is 2. The molecule has 4 heterocycles. The quantitative estimate of drug-likeness (QED) is 0.586. The van der Waals surface area contributed by atoms with Gasteiger partial charge in [-0.25, -0.2) is 19.0 Å². The maximum atomic E-state index is 15.2. The number of hydrogen-bond donors (Lipinski definition) is 1. The lowest BCUT2D eigenvalue weighted by Crippen LogP contribution is -2.35. The molecule has 0 saturated carbocycles. The van der Waals surface area contributed by atoms with E-state index in [1.165, 1.54) is 21.8 Å². The van der Waals surface area contributed by atoms with Gasteiger partial charge in [0.1, 0.15) is 23.6 Å². The van der Waals surface area contributed by atoms with Crippen LogP contribution >= 0.6 is 0 Å². The van der Waals surface area contributed by atoms with E-state index in [1.54, 1.807) is 20.8 Å². The molecule has 1 saturated heterocycles. The van der Waals surface area contributed by atoms with E-state index < -0.39 is 42.3 Å². The zero-order chi connectivity index (χ0) is 26.0. The molecule has 3 atom stereocenters. The zero-order valence-corrected chi connectivity index (χ0v) is 19.9. The number of hydrogen-bond acceptors (Lipinski definition) is 6. The highest BCUT2D eigenvalue weighted by atomic mass is 19.4. The van der Waals surface area contributed by atoms with Crippen molar-refractivity contribution in [2.45, 2.75) is 70.1 Å². The number of alkyl halides is 4. The lowest BCUT2D eigenvalue weighted by Gasteiger charge is -2.28. The van der Waals surface area contributed by atoms with Crippen molar-refractivity contribution in [1.82, 2.24) is 19.7 Å². The number of nitrogens with one attached hydrogen (secondary N) is 1. The molecular formula is C23H25F4N5O4. The summed E-state index contributed by atoms with van der Waals surface area (Å²) in [6, 6.07) is 0.572. The Morgan fingerprint density at radius 3 is 2.67 bits per heavy atom. The van der Waals surface area contributed by atoms with Crippen molar-refractivity contribution in [2.75, 3.05) is 18.4 Å². The summed E-state index contributed by atoms with van der Waals surface area (Å²) in [5.41, 5.74) is 0.716. The van der Waals surface area contributed by atoms with Crippen LogP contribution in [0.5, 0.6) is 0 Å². The van der Waals surface area contributed by atoms with Crippen LogP contribution in [-0.4, -0.2) is 62.9 Å². The lowest BCUT2D eigenvalue weighted by atomic mass is 9.97. The fourth-order valence-electron chi connectivity index (χ4n) is 4.98. The molecular weight excluding hydrogens is 486 g/mol. The number of anilines is 1. The highest BCUT2D eigenvalue weighted by Crippen LogP contribution is 2.47. The second kappa shape index (κ2) is 8.34. The van der Waals surface area contributed by atoms with E-state index >= 15 is 4.39 Å². The Morgan fingerprint density at radius 1 is 1.22 bits per heavy atom. The summed E-state index contributed by atoms with van der Waals surface area (Å²) in [6.45, 7) is 4.99. The van der Waals surface area contributed by atoms with Crippen LogP contribution in [0.3, 0.4) is 0 Å². The first-order valence-corrected chi connectivity index (χ1v) is 11.6. The van der Waals surface area contributed by atoms with Gasteiger partial charge in [0, 0.05) is 29.6 Å². The minimum absolute atomic E-state index is 0.0163. The minimum atomic E-state index is -4.88. The summed E-state index contributed by atoms with van der Waals surface area (Å²) < 4.78 is 68.2. The minimum Gasteiger partial charge on any atom is -0.444 e. The van der Waals surface area contributed by atoms with E-state index in [2.05, 4.69) is 20.1 Å². The molecule has 0 unspecified atom stereocenters. The topological polar surface area (TPSA) is 98.6 Å². The van der Waals surface area contributed by atoms with Gasteiger partial charge in [0.2, 0.25) is 6.10 Å². The molecule has 13 heteroatoms.